The predicted molar refractivity (Wildman–Crippen MR) is 103 cm³/mol. The zero-order chi connectivity index (χ0) is 17.5. The maximum atomic E-state index is 12.2. The van der Waals surface area contributed by atoms with Crippen molar-refractivity contribution in [2.45, 2.75) is 19.3 Å². The van der Waals surface area contributed by atoms with Crippen LogP contribution < -0.4 is 0 Å². The highest BCUT2D eigenvalue weighted by molar-refractivity contribution is 7.98. The zero-order valence-corrected chi connectivity index (χ0v) is 15.5. The summed E-state index contributed by atoms with van der Waals surface area (Å²) in [5, 5.41) is 2.71. The summed E-state index contributed by atoms with van der Waals surface area (Å²) >= 11 is 3.35. The lowest BCUT2D eigenvalue weighted by molar-refractivity contribution is 0.0468. The maximum absolute atomic E-state index is 12.2. The molecule has 25 heavy (non-hydrogen) atoms. The molecule has 2 heterocycles. The number of nitrogens with zero attached hydrogens (tertiary/aromatic N) is 2. The first-order valence-electron chi connectivity index (χ1n) is 7.96. The van der Waals surface area contributed by atoms with Crippen LogP contribution in [0.1, 0.15) is 28.5 Å². The van der Waals surface area contributed by atoms with Crippen molar-refractivity contribution in [3.05, 3.63) is 70.9 Å². The standard InChI is InChI=1S/C19H18N2O2S2/c1-2-24-12-14-6-8-15(9-7-14)19(22)23-11-16-13-25-18(21-16)17-5-3-4-10-20-17/h3-10,13H,2,11-12H2,1H3. The van der Waals surface area contributed by atoms with Crippen LogP contribution in [0.3, 0.4) is 0 Å². The minimum Gasteiger partial charge on any atom is -0.456 e. The third kappa shape index (κ3) is 4.90. The highest BCUT2D eigenvalue weighted by Crippen LogP contribution is 2.22. The normalized spacial score (nSPS) is 10.6. The topological polar surface area (TPSA) is 52.1 Å². The van der Waals surface area contributed by atoms with Crippen LogP contribution in [0.25, 0.3) is 10.7 Å². The van der Waals surface area contributed by atoms with Crippen LogP contribution in [-0.2, 0) is 17.1 Å². The Hall–Kier alpha value is -2.18. The number of carbonyl (C=O) groups is 1. The summed E-state index contributed by atoms with van der Waals surface area (Å²) in [6.07, 6.45) is 1.74. The molecular formula is C19H18N2O2S2. The van der Waals surface area contributed by atoms with Gasteiger partial charge in [-0.15, -0.1) is 11.3 Å². The second-order valence-electron chi connectivity index (χ2n) is 5.27. The Balaban J connectivity index is 1.56. The number of esters is 1. The van der Waals surface area contributed by atoms with Gasteiger partial charge in [0.25, 0.3) is 0 Å². The summed E-state index contributed by atoms with van der Waals surface area (Å²) in [6, 6.07) is 13.3. The highest BCUT2D eigenvalue weighted by Gasteiger charge is 2.10. The number of aromatic nitrogens is 2. The molecule has 0 aliphatic heterocycles. The first-order chi connectivity index (χ1) is 12.3. The summed E-state index contributed by atoms with van der Waals surface area (Å²) in [5.41, 5.74) is 3.33. The first-order valence-corrected chi connectivity index (χ1v) is 9.99. The van der Waals surface area contributed by atoms with E-state index < -0.39 is 0 Å². The van der Waals surface area contributed by atoms with Crippen molar-refractivity contribution in [2.75, 3.05) is 5.75 Å². The molecule has 6 heteroatoms. The van der Waals surface area contributed by atoms with Crippen molar-refractivity contribution < 1.29 is 9.53 Å². The summed E-state index contributed by atoms with van der Waals surface area (Å²) in [7, 11) is 0. The van der Waals surface area contributed by atoms with E-state index in [1.54, 1.807) is 6.20 Å². The van der Waals surface area contributed by atoms with Gasteiger partial charge in [-0.05, 0) is 35.6 Å². The minimum absolute atomic E-state index is 0.162. The fourth-order valence-electron chi connectivity index (χ4n) is 2.16. The molecule has 0 saturated carbocycles. The van der Waals surface area contributed by atoms with Crippen molar-refractivity contribution in [3.63, 3.8) is 0 Å². The average Bonchev–Trinajstić information content (AvgIpc) is 3.14. The summed E-state index contributed by atoms with van der Waals surface area (Å²) in [4.78, 5) is 20.9. The lowest BCUT2D eigenvalue weighted by Gasteiger charge is -2.04. The Kier molecular flexibility index (Phi) is 6.19. The van der Waals surface area contributed by atoms with E-state index in [9.17, 15) is 4.79 Å². The third-order valence-corrected chi connectivity index (χ3v) is 5.31. The second-order valence-corrected chi connectivity index (χ2v) is 7.40. The Morgan fingerprint density at radius 3 is 2.76 bits per heavy atom. The van der Waals surface area contributed by atoms with Gasteiger partial charge in [0, 0.05) is 17.3 Å². The maximum Gasteiger partial charge on any atom is 0.338 e. The molecule has 4 nitrogen and oxygen atoms in total. The van der Waals surface area contributed by atoms with Gasteiger partial charge >= 0.3 is 5.97 Å². The van der Waals surface area contributed by atoms with E-state index >= 15 is 0 Å². The van der Waals surface area contributed by atoms with E-state index in [1.807, 2.05) is 59.6 Å². The molecule has 0 unspecified atom stereocenters. The molecular weight excluding hydrogens is 352 g/mol. The van der Waals surface area contributed by atoms with Gasteiger partial charge in [-0.3, -0.25) is 4.98 Å². The van der Waals surface area contributed by atoms with Crippen LogP contribution in [-0.4, -0.2) is 21.7 Å². The van der Waals surface area contributed by atoms with Gasteiger partial charge in [0.05, 0.1) is 17.0 Å². The van der Waals surface area contributed by atoms with E-state index in [0.717, 1.165) is 27.9 Å². The molecule has 0 aliphatic carbocycles. The number of benzene rings is 1. The van der Waals surface area contributed by atoms with Crippen molar-refractivity contribution in [3.8, 4) is 10.7 Å². The Morgan fingerprint density at radius 2 is 2.04 bits per heavy atom. The van der Waals surface area contributed by atoms with Crippen molar-refractivity contribution >= 4 is 29.1 Å². The van der Waals surface area contributed by atoms with E-state index in [0.29, 0.717) is 5.56 Å². The summed E-state index contributed by atoms with van der Waals surface area (Å²) in [6.45, 7) is 2.30. The molecule has 3 aromatic rings. The Bertz CT molecular complexity index is 817. The SMILES string of the molecule is CCSCc1ccc(C(=O)OCc2csc(-c3ccccn3)n2)cc1. The molecule has 1 aromatic carbocycles. The number of thiazole rings is 1. The van der Waals surface area contributed by atoms with Gasteiger partial charge in [-0.1, -0.05) is 25.1 Å². The molecule has 0 atom stereocenters. The lowest BCUT2D eigenvalue weighted by Crippen LogP contribution is -2.05. The fourth-order valence-corrected chi connectivity index (χ4v) is 3.57. The minimum atomic E-state index is -0.331. The van der Waals surface area contributed by atoms with Gasteiger partial charge in [0.2, 0.25) is 0 Å². The zero-order valence-electron chi connectivity index (χ0n) is 13.8. The predicted octanol–water partition coefficient (Wildman–Crippen LogP) is 4.82. The van der Waals surface area contributed by atoms with Gasteiger partial charge in [0.1, 0.15) is 11.6 Å². The molecule has 3 rings (SSSR count). The first kappa shape index (κ1) is 17.6. The number of rotatable bonds is 7. The molecule has 0 radical (unpaired) electrons. The molecule has 0 amide bonds. The lowest BCUT2D eigenvalue weighted by atomic mass is 10.1. The summed E-state index contributed by atoms with van der Waals surface area (Å²) < 4.78 is 5.36. The van der Waals surface area contributed by atoms with Crippen LogP contribution in [0.5, 0.6) is 0 Å². The van der Waals surface area contributed by atoms with Crippen LogP contribution in [0.15, 0.2) is 54.0 Å². The largest absolute Gasteiger partial charge is 0.456 e. The molecule has 0 N–H and O–H groups in total. The molecule has 2 aromatic heterocycles. The van der Waals surface area contributed by atoms with Gasteiger partial charge < -0.3 is 4.74 Å². The number of hydrogen-bond donors (Lipinski definition) is 0. The van der Waals surface area contributed by atoms with E-state index in [4.69, 9.17) is 4.74 Å². The number of thioether (sulfide) groups is 1. The van der Waals surface area contributed by atoms with Crippen LogP contribution >= 0.6 is 23.1 Å². The number of ether oxygens (including phenoxy) is 1. The Morgan fingerprint density at radius 1 is 1.20 bits per heavy atom. The van der Waals surface area contributed by atoms with Gasteiger partial charge in [0.15, 0.2) is 0 Å². The van der Waals surface area contributed by atoms with Gasteiger partial charge in [-0.25, -0.2) is 9.78 Å². The smallest absolute Gasteiger partial charge is 0.338 e. The van der Waals surface area contributed by atoms with Crippen molar-refractivity contribution in [1.29, 1.82) is 0 Å². The van der Waals surface area contributed by atoms with E-state index in [2.05, 4.69) is 16.9 Å². The van der Waals surface area contributed by atoms with Crippen molar-refractivity contribution in [2.24, 2.45) is 0 Å². The number of carbonyl (C=O) groups excluding carboxylic acids is 1. The molecule has 0 saturated heterocycles. The van der Waals surface area contributed by atoms with Crippen LogP contribution in [0, 0.1) is 0 Å². The molecule has 0 aliphatic rings. The van der Waals surface area contributed by atoms with Crippen molar-refractivity contribution in [1.82, 2.24) is 9.97 Å². The quantitative estimate of drug-likeness (QED) is 0.558. The monoisotopic (exact) mass is 370 g/mol. The van der Waals surface area contributed by atoms with E-state index in [1.165, 1.54) is 16.9 Å². The van der Waals surface area contributed by atoms with Crippen LogP contribution in [0.4, 0.5) is 0 Å². The number of hydrogen-bond acceptors (Lipinski definition) is 6. The Labute approximate surface area is 155 Å². The van der Waals surface area contributed by atoms with Gasteiger partial charge in [-0.2, -0.15) is 11.8 Å². The summed E-state index contributed by atoms with van der Waals surface area (Å²) in [5.74, 6) is 1.71. The molecule has 0 bridgehead atoms. The highest BCUT2D eigenvalue weighted by atomic mass is 32.2. The average molecular weight is 370 g/mol. The van der Waals surface area contributed by atoms with Crippen LogP contribution in [0.2, 0.25) is 0 Å². The van der Waals surface area contributed by atoms with E-state index in [-0.39, 0.29) is 12.6 Å². The third-order valence-electron chi connectivity index (χ3n) is 3.45. The molecule has 0 fully saturated rings. The second kappa shape index (κ2) is 8.78. The number of pyridine rings is 1. The fraction of sp³-hybridized carbons (Fsp3) is 0.211. The molecule has 128 valence electrons. The molecule has 0 spiro atoms.